The summed E-state index contributed by atoms with van der Waals surface area (Å²) in [6.07, 6.45) is 0. The fourth-order valence-electron chi connectivity index (χ4n) is 1.95. The van der Waals surface area contributed by atoms with Gasteiger partial charge in [-0.25, -0.2) is 0 Å². The van der Waals surface area contributed by atoms with E-state index in [4.69, 9.17) is 19.5 Å². The molecule has 106 valence electrons. The van der Waals surface area contributed by atoms with Crippen molar-refractivity contribution in [1.29, 1.82) is 5.26 Å². The first kappa shape index (κ1) is 14.2. The number of ether oxygens (including phenoxy) is 3. The Balaban J connectivity index is 2.03. The summed E-state index contributed by atoms with van der Waals surface area (Å²) in [5.74, 6) is 0.626. The predicted molar refractivity (Wildman–Crippen MR) is 70.6 cm³/mol. The molecule has 0 atom stereocenters. The lowest BCUT2D eigenvalue weighted by Crippen LogP contribution is -2.43. The normalized spacial score (nSPS) is 14.5. The summed E-state index contributed by atoms with van der Waals surface area (Å²) < 4.78 is 15.8. The third kappa shape index (κ3) is 3.19. The van der Waals surface area contributed by atoms with E-state index in [0.717, 1.165) is 0 Å². The molecule has 2 rings (SSSR count). The minimum Gasteiger partial charge on any atom is -0.493 e. The van der Waals surface area contributed by atoms with Gasteiger partial charge in [0.15, 0.2) is 18.1 Å². The van der Waals surface area contributed by atoms with Crippen LogP contribution < -0.4 is 9.47 Å². The molecule has 0 aromatic heterocycles. The number of carbonyl (C=O) groups excluding carboxylic acids is 1. The largest absolute Gasteiger partial charge is 0.493 e. The minimum atomic E-state index is -0.122. The van der Waals surface area contributed by atoms with Crippen LogP contribution in [-0.2, 0) is 9.53 Å². The number of morpholine rings is 1. The number of nitriles is 1. The maximum absolute atomic E-state index is 12.0. The van der Waals surface area contributed by atoms with Gasteiger partial charge in [0.1, 0.15) is 6.07 Å². The molecule has 0 saturated carbocycles. The molecule has 20 heavy (non-hydrogen) atoms. The average molecular weight is 276 g/mol. The first-order chi connectivity index (χ1) is 9.76. The van der Waals surface area contributed by atoms with Gasteiger partial charge in [-0.2, -0.15) is 5.26 Å². The summed E-state index contributed by atoms with van der Waals surface area (Å²) in [7, 11) is 1.49. The zero-order chi connectivity index (χ0) is 14.4. The van der Waals surface area contributed by atoms with Crippen LogP contribution in [0.5, 0.6) is 11.5 Å². The Labute approximate surface area is 117 Å². The lowest BCUT2D eigenvalue weighted by Gasteiger charge is -2.26. The van der Waals surface area contributed by atoms with Gasteiger partial charge in [0, 0.05) is 13.1 Å². The second kappa shape index (κ2) is 6.78. The minimum absolute atomic E-state index is 0.116. The van der Waals surface area contributed by atoms with Crippen molar-refractivity contribution in [3.8, 4) is 17.6 Å². The second-order valence-corrected chi connectivity index (χ2v) is 4.23. The number of para-hydroxylation sites is 1. The van der Waals surface area contributed by atoms with Crippen LogP contribution in [0.2, 0.25) is 0 Å². The summed E-state index contributed by atoms with van der Waals surface area (Å²) in [5.41, 5.74) is 0.346. The highest BCUT2D eigenvalue weighted by Gasteiger charge is 2.19. The smallest absolute Gasteiger partial charge is 0.260 e. The summed E-state index contributed by atoms with van der Waals surface area (Å²) >= 11 is 0. The van der Waals surface area contributed by atoms with E-state index in [1.807, 2.05) is 6.07 Å². The number of hydrogen-bond donors (Lipinski definition) is 0. The van der Waals surface area contributed by atoms with E-state index in [0.29, 0.717) is 43.4 Å². The van der Waals surface area contributed by atoms with Crippen molar-refractivity contribution < 1.29 is 19.0 Å². The molecule has 0 unspecified atom stereocenters. The topological polar surface area (TPSA) is 71.8 Å². The summed E-state index contributed by atoms with van der Waals surface area (Å²) in [4.78, 5) is 13.7. The standard InChI is InChI=1S/C14H16N2O4/c1-18-12-4-2-3-11(9-15)14(12)20-10-13(17)16-5-7-19-8-6-16/h2-4H,5-8,10H2,1H3. The second-order valence-electron chi connectivity index (χ2n) is 4.23. The molecule has 1 aliphatic rings. The Morgan fingerprint density at radius 2 is 2.20 bits per heavy atom. The number of methoxy groups -OCH3 is 1. The summed E-state index contributed by atoms with van der Waals surface area (Å²) in [6.45, 7) is 2.11. The third-order valence-corrected chi connectivity index (χ3v) is 3.02. The average Bonchev–Trinajstić information content (AvgIpc) is 2.52. The molecule has 6 nitrogen and oxygen atoms in total. The number of carbonyl (C=O) groups is 1. The molecule has 0 radical (unpaired) electrons. The molecule has 1 saturated heterocycles. The lowest BCUT2D eigenvalue weighted by molar-refractivity contribution is -0.137. The van der Waals surface area contributed by atoms with Crippen LogP contribution in [0.4, 0.5) is 0 Å². The number of hydrogen-bond acceptors (Lipinski definition) is 5. The van der Waals surface area contributed by atoms with Gasteiger partial charge in [0.05, 0.1) is 25.9 Å². The molecule has 1 aromatic carbocycles. The van der Waals surface area contributed by atoms with Gasteiger partial charge in [-0.05, 0) is 12.1 Å². The Morgan fingerprint density at radius 1 is 1.45 bits per heavy atom. The summed E-state index contributed by atoms with van der Waals surface area (Å²) in [5, 5.41) is 9.05. The molecule has 6 heteroatoms. The highest BCUT2D eigenvalue weighted by atomic mass is 16.5. The maximum Gasteiger partial charge on any atom is 0.260 e. The van der Waals surface area contributed by atoms with E-state index in [2.05, 4.69) is 0 Å². The molecule has 0 aliphatic carbocycles. The van der Waals surface area contributed by atoms with Crippen molar-refractivity contribution in [3.05, 3.63) is 23.8 Å². The van der Waals surface area contributed by atoms with Crippen LogP contribution >= 0.6 is 0 Å². The van der Waals surface area contributed by atoms with E-state index < -0.39 is 0 Å². The van der Waals surface area contributed by atoms with E-state index in [1.165, 1.54) is 7.11 Å². The number of benzene rings is 1. The van der Waals surface area contributed by atoms with Crippen molar-refractivity contribution in [2.24, 2.45) is 0 Å². The Kier molecular flexibility index (Phi) is 4.80. The first-order valence-corrected chi connectivity index (χ1v) is 6.31. The monoisotopic (exact) mass is 276 g/mol. The summed E-state index contributed by atoms with van der Waals surface area (Å²) in [6, 6.07) is 7.04. The number of nitrogens with zero attached hydrogens (tertiary/aromatic N) is 2. The SMILES string of the molecule is COc1cccc(C#N)c1OCC(=O)N1CCOCC1. The van der Waals surface area contributed by atoms with Crippen LogP contribution in [-0.4, -0.2) is 50.8 Å². The highest BCUT2D eigenvalue weighted by molar-refractivity contribution is 5.78. The van der Waals surface area contributed by atoms with Crippen LogP contribution in [0, 0.1) is 11.3 Å². The van der Waals surface area contributed by atoms with Gasteiger partial charge >= 0.3 is 0 Å². The molecule has 0 bridgehead atoms. The van der Waals surface area contributed by atoms with Gasteiger partial charge in [-0.15, -0.1) is 0 Å². The maximum atomic E-state index is 12.0. The first-order valence-electron chi connectivity index (χ1n) is 6.31. The fourth-order valence-corrected chi connectivity index (χ4v) is 1.95. The molecular weight excluding hydrogens is 260 g/mol. The molecule has 1 fully saturated rings. The molecule has 0 spiro atoms. The van der Waals surface area contributed by atoms with Gasteiger partial charge in [-0.3, -0.25) is 4.79 Å². The molecular formula is C14H16N2O4. The zero-order valence-corrected chi connectivity index (χ0v) is 11.3. The Bertz CT molecular complexity index is 518. The van der Waals surface area contributed by atoms with Crippen molar-refractivity contribution in [2.75, 3.05) is 40.0 Å². The fraction of sp³-hybridized carbons (Fsp3) is 0.429. The quantitative estimate of drug-likeness (QED) is 0.813. The Hall–Kier alpha value is -2.26. The number of amides is 1. The molecule has 1 aromatic rings. The van der Waals surface area contributed by atoms with Crippen LogP contribution in [0.25, 0.3) is 0 Å². The predicted octanol–water partition coefficient (Wildman–Crippen LogP) is 0.804. The van der Waals surface area contributed by atoms with Gasteiger partial charge in [0.2, 0.25) is 0 Å². The van der Waals surface area contributed by atoms with Crippen molar-refractivity contribution in [1.82, 2.24) is 4.90 Å². The third-order valence-electron chi connectivity index (χ3n) is 3.02. The molecule has 1 amide bonds. The van der Waals surface area contributed by atoms with E-state index in [-0.39, 0.29) is 12.5 Å². The van der Waals surface area contributed by atoms with Gasteiger partial charge in [-0.1, -0.05) is 6.07 Å². The highest BCUT2D eigenvalue weighted by Crippen LogP contribution is 2.30. The Morgan fingerprint density at radius 3 is 2.85 bits per heavy atom. The molecule has 0 N–H and O–H groups in total. The van der Waals surface area contributed by atoms with Gasteiger partial charge in [0.25, 0.3) is 5.91 Å². The van der Waals surface area contributed by atoms with E-state index >= 15 is 0 Å². The van der Waals surface area contributed by atoms with Gasteiger partial charge < -0.3 is 19.1 Å². The van der Waals surface area contributed by atoms with E-state index in [1.54, 1.807) is 23.1 Å². The lowest BCUT2D eigenvalue weighted by atomic mass is 10.2. The van der Waals surface area contributed by atoms with Crippen LogP contribution in [0.3, 0.4) is 0 Å². The zero-order valence-electron chi connectivity index (χ0n) is 11.3. The van der Waals surface area contributed by atoms with Crippen molar-refractivity contribution in [2.45, 2.75) is 0 Å². The van der Waals surface area contributed by atoms with E-state index in [9.17, 15) is 4.79 Å². The van der Waals surface area contributed by atoms with Crippen molar-refractivity contribution in [3.63, 3.8) is 0 Å². The molecule has 1 aliphatic heterocycles. The molecule has 1 heterocycles. The number of rotatable bonds is 4. The van der Waals surface area contributed by atoms with Crippen LogP contribution in [0.15, 0.2) is 18.2 Å². The van der Waals surface area contributed by atoms with Crippen molar-refractivity contribution >= 4 is 5.91 Å². The van der Waals surface area contributed by atoms with Crippen LogP contribution in [0.1, 0.15) is 5.56 Å².